The highest BCUT2D eigenvalue weighted by atomic mass is 32.2. The third-order valence-corrected chi connectivity index (χ3v) is 3.07. The fourth-order valence-corrected chi connectivity index (χ4v) is 1.95. The van der Waals surface area contributed by atoms with E-state index in [2.05, 4.69) is 29.1 Å². The first-order valence-electron chi connectivity index (χ1n) is 5.41. The van der Waals surface area contributed by atoms with Gasteiger partial charge in [0.15, 0.2) is 0 Å². The van der Waals surface area contributed by atoms with Crippen LogP contribution in [0.25, 0.3) is 0 Å². The highest BCUT2D eigenvalue weighted by Crippen LogP contribution is 2.24. The van der Waals surface area contributed by atoms with Gasteiger partial charge in [-0.2, -0.15) is 0 Å². The average molecular weight is 241 g/mol. The van der Waals surface area contributed by atoms with Crippen molar-refractivity contribution in [1.82, 2.24) is 9.97 Å². The van der Waals surface area contributed by atoms with Gasteiger partial charge in [0.25, 0.3) is 0 Å². The zero-order chi connectivity index (χ0) is 12.1. The molecule has 5 heteroatoms. The first-order valence-corrected chi connectivity index (χ1v) is 6.29. The molecule has 0 aliphatic carbocycles. The van der Waals surface area contributed by atoms with Crippen molar-refractivity contribution in [2.75, 3.05) is 19.0 Å². The average Bonchev–Trinajstić information content (AvgIpc) is 2.28. The van der Waals surface area contributed by atoms with Gasteiger partial charge in [-0.05, 0) is 0 Å². The van der Waals surface area contributed by atoms with Crippen LogP contribution in [0.3, 0.4) is 0 Å². The van der Waals surface area contributed by atoms with Gasteiger partial charge in [0.2, 0.25) is 0 Å². The Kier molecular flexibility index (Phi) is 5.02. The minimum absolute atomic E-state index is 0.152. The molecule has 2 N–H and O–H groups in total. The second kappa shape index (κ2) is 6.06. The molecule has 1 aromatic rings. The molecular weight excluding hydrogens is 222 g/mol. The van der Waals surface area contributed by atoms with Gasteiger partial charge in [-0.15, -0.1) is 11.8 Å². The van der Waals surface area contributed by atoms with Gasteiger partial charge in [0, 0.05) is 24.3 Å². The normalized spacial score (nSPS) is 12.9. The summed E-state index contributed by atoms with van der Waals surface area (Å²) in [6, 6.07) is 1.91. The molecule has 0 bridgehead atoms. The minimum Gasteiger partial charge on any atom is -0.395 e. The van der Waals surface area contributed by atoms with Gasteiger partial charge in [-0.25, -0.2) is 9.97 Å². The molecule has 0 aromatic carbocycles. The predicted molar refractivity (Wildman–Crippen MR) is 68.1 cm³/mol. The Morgan fingerprint density at radius 2 is 2.06 bits per heavy atom. The molecule has 0 amide bonds. The molecule has 0 radical (unpaired) electrons. The molecule has 0 saturated heterocycles. The van der Waals surface area contributed by atoms with Crippen LogP contribution in [0.5, 0.6) is 0 Å². The SMILES string of the molecule is CNc1cc(SC(C)CO)nc(C(C)C)n1. The van der Waals surface area contributed by atoms with Gasteiger partial charge in [-0.3, -0.25) is 0 Å². The maximum atomic E-state index is 9.02. The summed E-state index contributed by atoms with van der Waals surface area (Å²) in [6.45, 7) is 6.26. The summed E-state index contributed by atoms with van der Waals surface area (Å²) in [5.41, 5.74) is 0. The molecule has 1 rings (SSSR count). The molecule has 0 fully saturated rings. The largest absolute Gasteiger partial charge is 0.395 e. The number of aromatic nitrogens is 2. The van der Waals surface area contributed by atoms with Crippen LogP contribution in [0.1, 0.15) is 32.5 Å². The maximum Gasteiger partial charge on any atom is 0.134 e. The van der Waals surface area contributed by atoms with Gasteiger partial charge in [0.1, 0.15) is 16.7 Å². The Morgan fingerprint density at radius 3 is 2.56 bits per heavy atom. The van der Waals surface area contributed by atoms with E-state index in [4.69, 9.17) is 5.11 Å². The van der Waals surface area contributed by atoms with E-state index in [9.17, 15) is 0 Å². The van der Waals surface area contributed by atoms with Crippen LogP contribution in [-0.2, 0) is 0 Å². The summed E-state index contributed by atoms with van der Waals surface area (Å²) in [5.74, 6) is 1.96. The Labute approximate surface area is 101 Å². The molecule has 0 aliphatic rings. The lowest BCUT2D eigenvalue weighted by Gasteiger charge is -2.11. The number of hydrogen-bond donors (Lipinski definition) is 2. The van der Waals surface area contributed by atoms with E-state index in [1.807, 2.05) is 20.0 Å². The van der Waals surface area contributed by atoms with Crippen LogP contribution in [0.15, 0.2) is 11.1 Å². The Morgan fingerprint density at radius 1 is 1.38 bits per heavy atom. The van der Waals surface area contributed by atoms with Crippen LogP contribution in [0.4, 0.5) is 5.82 Å². The van der Waals surface area contributed by atoms with Crippen LogP contribution < -0.4 is 5.32 Å². The standard InChI is InChI=1S/C11H19N3OS/c1-7(2)11-13-9(12-4)5-10(14-11)16-8(3)6-15/h5,7-8,15H,6H2,1-4H3,(H,12,13,14). The number of aliphatic hydroxyl groups excluding tert-OH is 1. The van der Waals surface area contributed by atoms with E-state index in [-0.39, 0.29) is 11.9 Å². The summed E-state index contributed by atoms with van der Waals surface area (Å²) >= 11 is 1.56. The minimum atomic E-state index is 0.152. The summed E-state index contributed by atoms with van der Waals surface area (Å²) in [4.78, 5) is 8.86. The zero-order valence-electron chi connectivity index (χ0n) is 10.2. The van der Waals surface area contributed by atoms with Crippen molar-refractivity contribution in [3.63, 3.8) is 0 Å². The summed E-state index contributed by atoms with van der Waals surface area (Å²) in [5, 5.41) is 13.1. The number of nitrogens with one attached hydrogen (secondary N) is 1. The van der Waals surface area contributed by atoms with E-state index >= 15 is 0 Å². The van der Waals surface area contributed by atoms with Crippen molar-refractivity contribution in [3.05, 3.63) is 11.9 Å². The summed E-state index contributed by atoms with van der Waals surface area (Å²) < 4.78 is 0. The quantitative estimate of drug-likeness (QED) is 0.611. The number of aliphatic hydroxyl groups is 1. The second-order valence-electron chi connectivity index (χ2n) is 3.97. The Bertz CT molecular complexity index is 344. The summed E-state index contributed by atoms with van der Waals surface area (Å²) in [7, 11) is 1.84. The van der Waals surface area contributed by atoms with Crippen LogP contribution in [0, 0.1) is 0 Å². The van der Waals surface area contributed by atoms with Crippen molar-refractivity contribution in [3.8, 4) is 0 Å². The zero-order valence-corrected chi connectivity index (χ0v) is 11.0. The lowest BCUT2D eigenvalue weighted by molar-refractivity contribution is 0.300. The second-order valence-corrected chi connectivity index (χ2v) is 5.42. The molecule has 16 heavy (non-hydrogen) atoms. The lowest BCUT2D eigenvalue weighted by Crippen LogP contribution is -2.06. The van der Waals surface area contributed by atoms with Crippen molar-refractivity contribution < 1.29 is 5.11 Å². The number of nitrogens with zero attached hydrogens (tertiary/aromatic N) is 2. The van der Waals surface area contributed by atoms with E-state index in [1.54, 1.807) is 11.8 Å². The molecular formula is C11H19N3OS. The molecule has 0 aliphatic heterocycles. The van der Waals surface area contributed by atoms with E-state index in [0.717, 1.165) is 16.7 Å². The smallest absolute Gasteiger partial charge is 0.134 e. The van der Waals surface area contributed by atoms with Gasteiger partial charge in [0.05, 0.1) is 6.61 Å². The lowest BCUT2D eigenvalue weighted by atomic mass is 10.2. The number of thioether (sulfide) groups is 1. The topological polar surface area (TPSA) is 58.0 Å². The third kappa shape index (κ3) is 3.64. The fourth-order valence-electron chi connectivity index (χ4n) is 1.13. The molecule has 0 spiro atoms. The Hall–Kier alpha value is -0.810. The molecule has 1 unspecified atom stereocenters. The van der Waals surface area contributed by atoms with Gasteiger partial charge >= 0.3 is 0 Å². The molecule has 90 valence electrons. The van der Waals surface area contributed by atoms with Crippen LogP contribution >= 0.6 is 11.8 Å². The first kappa shape index (κ1) is 13.3. The maximum absolute atomic E-state index is 9.02. The summed E-state index contributed by atoms with van der Waals surface area (Å²) in [6.07, 6.45) is 0. The Balaban J connectivity index is 2.95. The van der Waals surface area contributed by atoms with Crippen molar-refractivity contribution >= 4 is 17.6 Å². The molecule has 1 aromatic heterocycles. The highest BCUT2D eigenvalue weighted by Gasteiger charge is 2.10. The van der Waals surface area contributed by atoms with E-state index in [1.165, 1.54) is 0 Å². The monoisotopic (exact) mass is 241 g/mol. The van der Waals surface area contributed by atoms with Crippen molar-refractivity contribution in [2.45, 2.75) is 37.0 Å². The highest BCUT2D eigenvalue weighted by molar-refractivity contribution is 7.99. The van der Waals surface area contributed by atoms with E-state index < -0.39 is 0 Å². The van der Waals surface area contributed by atoms with Crippen LogP contribution in [0.2, 0.25) is 0 Å². The first-order chi connectivity index (χ1) is 7.56. The molecule has 4 nitrogen and oxygen atoms in total. The number of anilines is 1. The van der Waals surface area contributed by atoms with E-state index in [0.29, 0.717) is 5.92 Å². The number of hydrogen-bond acceptors (Lipinski definition) is 5. The molecule has 1 heterocycles. The molecule has 0 saturated carbocycles. The van der Waals surface area contributed by atoms with Gasteiger partial charge < -0.3 is 10.4 Å². The van der Waals surface area contributed by atoms with Crippen molar-refractivity contribution in [1.29, 1.82) is 0 Å². The van der Waals surface area contributed by atoms with Gasteiger partial charge in [-0.1, -0.05) is 20.8 Å². The van der Waals surface area contributed by atoms with Crippen molar-refractivity contribution in [2.24, 2.45) is 0 Å². The predicted octanol–water partition coefficient (Wildman–Crippen LogP) is 2.11. The fraction of sp³-hybridized carbons (Fsp3) is 0.636. The van der Waals surface area contributed by atoms with Crippen LogP contribution in [-0.4, -0.2) is 34.0 Å². The molecule has 1 atom stereocenters. The number of rotatable bonds is 5. The third-order valence-electron chi connectivity index (χ3n) is 2.07.